The highest BCUT2D eigenvalue weighted by atomic mass is 35.5. The molecule has 24 heavy (non-hydrogen) atoms. The molecule has 1 aromatic carbocycles. The van der Waals surface area contributed by atoms with Crippen molar-refractivity contribution in [3.8, 4) is 0 Å². The first-order valence-corrected chi connectivity index (χ1v) is 9.92. The molecule has 4 nitrogen and oxygen atoms in total. The van der Waals surface area contributed by atoms with E-state index in [4.69, 9.17) is 16.4 Å². The molecular formula is C17H15ClN2O2S2. The molecular weight excluding hydrogens is 364 g/mol. The molecule has 0 radical (unpaired) electrons. The summed E-state index contributed by atoms with van der Waals surface area (Å²) in [7, 11) is 0. The molecule has 0 spiro atoms. The zero-order valence-electron chi connectivity index (χ0n) is 12.8. The van der Waals surface area contributed by atoms with Crippen LogP contribution < -0.4 is 4.90 Å². The monoisotopic (exact) mass is 378 g/mol. The van der Waals surface area contributed by atoms with Crippen molar-refractivity contribution in [2.45, 2.75) is 23.8 Å². The van der Waals surface area contributed by atoms with Crippen LogP contribution in [0.25, 0.3) is 0 Å². The molecule has 2 aliphatic heterocycles. The van der Waals surface area contributed by atoms with Crippen molar-refractivity contribution < 1.29 is 9.63 Å². The Morgan fingerprint density at radius 3 is 3.00 bits per heavy atom. The zero-order valence-corrected chi connectivity index (χ0v) is 15.2. The molecule has 1 atom stereocenters. The molecule has 0 unspecified atom stereocenters. The Morgan fingerprint density at radius 1 is 1.29 bits per heavy atom. The normalized spacial score (nSPS) is 20.1. The van der Waals surface area contributed by atoms with Crippen LogP contribution in [0.4, 0.5) is 5.69 Å². The second kappa shape index (κ2) is 6.78. The lowest BCUT2D eigenvalue weighted by molar-refractivity contribution is -0.128. The van der Waals surface area contributed by atoms with Crippen molar-refractivity contribution in [2.75, 3.05) is 17.2 Å². The Morgan fingerprint density at radius 2 is 2.17 bits per heavy atom. The zero-order chi connectivity index (χ0) is 16.5. The fraction of sp³-hybridized carbons (Fsp3) is 0.294. The highest BCUT2D eigenvalue weighted by Gasteiger charge is 2.34. The van der Waals surface area contributed by atoms with Crippen LogP contribution >= 0.6 is 34.7 Å². The van der Waals surface area contributed by atoms with Crippen molar-refractivity contribution in [3.63, 3.8) is 0 Å². The number of carbonyl (C=O) groups excluding carboxylic acids is 1. The van der Waals surface area contributed by atoms with Crippen molar-refractivity contribution in [3.05, 3.63) is 45.6 Å². The van der Waals surface area contributed by atoms with Gasteiger partial charge in [0, 0.05) is 17.9 Å². The van der Waals surface area contributed by atoms with Crippen molar-refractivity contribution in [2.24, 2.45) is 5.16 Å². The third-order valence-electron chi connectivity index (χ3n) is 4.01. The molecule has 124 valence electrons. The van der Waals surface area contributed by atoms with E-state index >= 15 is 0 Å². The van der Waals surface area contributed by atoms with E-state index in [0.29, 0.717) is 17.3 Å². The first-order valence-electron chi connectivity index (χ1n) is 7.74. The predicted molar refractivity (Wildman–Crippen MR) is 99.5 cm³/mol. The highest BCUT2D eigenvalue weighted by molar-refractivity contribution is 7.99. The van der Waals surface area contributed by atoms with Gasteiger partial charge in [0.25, 0.3) is 5.91 Å². The molecule has 0 N–H and O–H groups in total. The van der Waals surface area contributed by atoms with Crippen LogP contribution in [0.3, 0.4) is 0 Å². The number of fused-ring (bicyclic) bond motifs is 1. The average Bonchev–Trinajstić information content (AvgIpc) is 3.19. The van der Waals surface area contributed by atoms with Crippen LogP contribution in [0.1, 0.15) is 17.7 Å². The summed E-state index contributed by atoms with van der Waals surface area (Å²) in [6.45, 7) is 0.711. The molecule has 1 aromatic heterocycles. The summed E-state index contributed by atoms with van der Waals surface area (Å²) < 4.78 is 0.709. The van der Waals surface area contributed by atoms with Gasteiger partial charge in [-0.15, -0.1) is 23.1 Å². The summed E-state index contributed by atoms with van der Waals surface area (Å²) in [4.78, 5) is 22.4. The number of halogens is 1. The molecule has 2 aromatic rings. The molecule has 0 saturated heterocycles. The van der Waals surface area contributed by atoms with E-state index < -0.39 is 6.10 Å². The lowest BCUT2D eigenvalue weighted by Crippen LogP contribution is -2.40. The lowest BCUT2D eigenvalue weighted by atomic mass is 10.1. The first kappa shape index (κ1) is 16.0. The second-order valence-electron chi connectivity index (χ2n) is 5.60. The lowest BCUT2D eigenvalue weighted by Gasteiger charge is -2.24. The number of carbonyl (C=O) groups is 1. The van der Waals surface area contributed by atoms with E-state index in [9.17, 15) is 4.79 Å². The largest absolute Gasteiger partial charge is 0.382 e. The van der Waals surface area contributed by atoms with Crippen LogP contribution in [0.2, 0.25) is 4.34 Å². The summed E-state index contributed by atoms with van der Waals surface area (Å²) in [5.74, 6) is 0.994. The minimum atomic E-state index is -0.558. The van der Waals surface area contributed by atoms with E-state index in [1.165, 1.54) is 11.3 Å². The van der Waals surface area contributed by atoms with Crippen LogP contribution in [-0.2, 0) is 9.63 Å². The predicted octanol–water partition coefficient (Wildman–Crippen LogP) is 4.42. The average molecular weight is 379 g/mol. The number of hydrogen-bond acceptors (Lipinski definition) is 5. The van der Waals surface area contributed by atoms with Gasteiger partial charge in [0.2, 0.25) is 6.10 Å². The number of benzene rings is 1. The number of nitrogens with zero attached hydrogens (tertiary/aromatic N) is 2. The number of para-hydroxylation sites is 1. The van der Waals surface area contributed by atoms with Crippen molar-refractivity contribution in [1.29, 1.82) is 0 Å². The molecule has 3 heterocycles. The van der Waals surface area contributed by atoms with Gasteiger partial charge >= 0.3 is 0 Å². The molecule has 2 aliphatic rings. The van der Waals surface area contributed by atoms with Gasteiger partial charge in [-0.3, -0.25) is 4.79 Å². The Labute approximate surface area is 153 Å². The van der Waals surface area contributed by atoms with Gasteiger partial charge in [0.05, 0.1) is 14.9 Å². The third kappa shape index (κ3) is 3.06. The Balaban J connectivity index is 1.53. The SMILES string of the molecule is O=C([C@H]1CC(c2ccc(Cl)s2)=NO1)N1CCCSc2ccccc21. The van der Waals surface area contributed by atoms with Gasteiger partial charge in [-0.1, -0.05) is 28.9 Å². The van der Waals surface area contributed by atoms with Gasteiger partial charge in [-0.25, -0.2) is 0 Å². The Hall–Kier alpha value is -1.50. The number of amides is 1. The van der Waals surface area contributed by atoms with Gasteiger partial charge in [-0.05, 0) is 36.4 Å². The van der Waals surface area contributed by atoms with E-state index in [0.717, 1.165) is 33.3 Å². The molecule has 4 rings (SSSR count). The van der Waals surface area contributed by atoms with E-state index in [-0.39, 0.29) is 5.91 Å². The summed E-state index contributed by atoms with van der Waals surface area (Å²) >= 11 is 9.23. The number of oxime groups is 1. The van der Waals surface area contributed by atoms with Gasteiger partial charge in [-0.2, -0.15) is 0 Å². The van der Waals surface area contributed by atoms with Crippen molar-refractivity contribution in [1.82, 2.24) is 0 Å². The van der Waals surface area contributed by atoms with Gasteiger partial charge < -0.3 is 9.74 Å². The minimum absolute atomic E-state index is 0.0219. The van der Waals surface area contributed by atoms with Crippen LogP contribution in [-0.4, -0.2) is 30.0 Å². The van der Waals surface area contributed by atoms with Crippen LogP contribution in [0.15, 0.2) is 46.4 Å². The van der Waals surface area contributed by atoms with Crippen molar-refractivity contribution >= 4 is 52.0 Å². The summed E-state index contributed by atoms with van der Waals surface area (Å²) in [5.41, 5.74) is 1.77. The maximum absolute atomic E-state index is 13.0. The summed E-state index contributed by atoms with van der Waals surface area (Å²) in [5, 5.41) is 4.11. The molecule has 0 fully saturated rings. The highest BCUT2D eigenvalue weighted by Crippen LogP contribution is 2.35. The number of thioether (sulfide) groups is 1. The fourth-order valence-corrected chi connectivity index (χ4v) is 4.88. The maximum Gasteiger partial charge on any atom is 0.271 e. The quantitative estimate of drug-likeness (QED) is 0.776. The first-order chi connectivity index (χ1) is 11.7. The maximum atomic E-state index is 13.0. The van der Waals surface area contributed by atoms with E-state index in [2.05, 4.69) is 11.2 Å². The Kier molecular flexibility index (Phi) is 4.52. The molecule has 7 heteroatoms. The van der Waals surface area contributed by atoms with Crippen LogP contribution in [0.5, 0.6) is 0 Å². The van der Waals surface area contributed by atoms with E-state index in [1.807, 2.05) is 35.2 Å². The van der Waals surface area contributed by atoms with E-state index in [1.54, 1.807) is 11.8 Å². The minimum Gasteiger partial charge on any atom is -0.382 e. The number of thiophene rings is 1. The Bertz CT molecular complexity index is 805. The molecule has 1 amide bonds. The third-order valence-corrected chi connectivity index (χ3v) is 6.44. The second-order valence-corrected chi connectivity index (χ2v) is 8.45. The standard InChI is InChI=1S/C17H15ClN2O2S2/c18-16-7-6-14(24-16)11-10-13(22-19-11)17(21)20-8-3-9-23-15-5-2-1-4-12(15)20/h1-2,4-7,13H,3,8-10H2/t13-/m1/s1. The van der Waals surface area contributed by atoms with Crippen LogP contribution in [0, 0.1) is 0 Å². The summed E-state index contributed by atoms with van der Waals surface area (Å²) in [6, 6.07) is 11.8. The molecule has 0 bridgehead atoms. The molecule has 0 aliphatic carbocycles. The summed E-state index contributed by atoms with van der Waals surface area (Å²) in [6.07, 6.45) is 0.894. The molecule has 0 saturated carbocycles. The van der Waals surface area contributed by atoms with Gasteiger partial charge in [0.1, 0.15) is 5.71 Å². The number of hydrogen-bond donors (Lipinski definition) is 0. The topological polar surface area (TPSA) is 41.9 Å². The smallest absolute Gasteiger partial charge is 0.271 e. The number of anilines is 1. The fourth-order valence-electron chi connectivity index (χ4n) is 2.85. The number of rotatable bonds is 2. The van der Waals surface area contributed by atoms with Gasteiger partial charge in [0.15, 0.2) is 0 Å².